The maximum absolute atomic E-state index is 10.5. The van der Waals surface area contributed by atoms with Gasteiger partial charge in [-0.15, -0.1) is 0 Å². The quantitative estimate of drug-likeness (QED) is 0.597. The Bertz CT molecular complexity index is 359. The van der Waals surface area contributed by atoms with Crippen LogP contribution in [0.25, 0.3) is 0 Å². The lowest BCUT2D eigenvalue weighted by Crippen LogP contribution is -2.23. The number of hydrogen-bond acceptors (Lipinski definition) is 4. The maximum Gasteiger partial charge on any atom is 0.269 e. The van der Waals surface area contributed by atoms with E-state index in [1.807, 2.05) is 20.6 Å². The average molecular weight is 239 g/mol. The van der Waals surface area contributed by atoms with Crippen molar-refractivity contribution >= 4 is 12.5 Å². The number of rotatable bonds is 4. The molecule has 1 aromatic rings. The van der Waals surface area contributed by atoms with Crippen molar-refractivity contribution in [3.8, 4) is 0 Å². The molecule has 0 fully saturated rings. The van der Waals surface area contributed by atoms with E-state index in [2.05, 4.69) is 0 Å². The molecule has 5 heteroatoms. The fraction of sp³-hybridized carbons (Fsp3) is 0.417. The molecular formula is C12H17NO4. The lowest BCUT2D eigenvalue weighted by molar-refractivity contribution is -0.384. The molecule has 0 saturated heterocycles. The van der Waals surface area contributed by atoms with Crippen molar-refractivity contribution in [3.63, 3.8) is 0 Å². The SMILES string of the molecule is C=O.COCC(C)(C)c1ccc([N+](=O)[O-])cc1. The van der Waals surface area contributed by atoms with Crippen LogP contribution in [-0.4, -0.2) is 25.4 Å². The summed E-state index contributed by atoms with van der Waals surface area (Å²) in [7, 11) is 1.65. The van der Waals surface area contributed by atoms with Gasteiger partial charge in [0.15, 0.2) is 0 Å². The Kier molecular flexibility index (Phi) is 6.06. The van der Waals surface area contributed by atoms with Gasteiger partial charge in [-0.1, -0.05) is 26.0 Å². The molecule has 0 atom stereocenters. The van der Waals surface area contributed by atoms with Gasteiger partial charge >= 0.3 is 0 Å². The van der Waals surface area contributed by atoms with E-state index >= 15 is 0 Å². The molecule has 0 radical (unpaired) electrons. The first-order chi connectivity index (χ1) is 7.97. The van der Waals surface area contributed by atoms with Gasteiger partial charge in [0.1, 0.15) is 6.79 Å². The van der Waals surface area contributed by atoms with Gasteiger partial charge in [0.05, 0.1) is 11.5 Å². The van der Waals surface area contributed by atoms with Crippen molar-refractivity contribution in [2.75, 3.05) is 13.7 Å². The second-order valence-electron chi connectivity index (χ2n) is 4.12. The van der Waals surface area contributed by atoms with Crippen LogP contribution in [0.15, 0.2) is 24.3 Å². The van der Waals surface area contributed by atoms with Crippen LogP contribution >= 0.6 is 0 Å². The third-order valence-corrected chi connectivity index (χ3v) is 2.36. The lowest BCUT2D eigenvalue weighted by Gasteiger charge is -2.23. The van der Waals surface area contributed by atoms with E-state index in [-0.39, 0.29) is 11.1 Å². The fourth-order valence-electron chi connectivity index (χ4n) is 1.48. The molecule has 0 aromatic heterocycles. The summed E-state index contributed by atoms with van der Waals surface area (Å²) in [5.41, 5.74) is 1.03. The number of benzene rings is 1. The number of carbonyl (C=O) groups is 1. The highest BCUT2D eigenvalue weighted by Gasteiger charge is 2.20. The van der Waals surface area contributed by atoms with Gasteiger partial charge in [-0.3, -0.25) is 10.1 Å². The second-order valence-corrected chi connectivity index (χ2v) is 4.12. The molecule has 5 nitrogen and oxygen atoms in total. The minimum atomic E-state index is -0.396. The highest BCUT2D eigenvalue weighted by atomic mass is 16.6. The Hall–Kier alpha value is -1.75. The normalized spacial score (nSPS) is 10.3. The van der Waals surface area contributed by atoms with Crippen molar-refractivity contribution in [1.82, 2.24) is 0 Å². The molecule has 0 aliphatic rings. The molecule has 0 amide bonds. The largest absolute Gasteiger partial charge is 0.384 e. The molecule has 0 saturated carbocycles. The first-order valence-electron chi connectivity index (χ1n) is 5.00. The van der Waals surface area contributed by atoms with Crippen molar-refractivity contribution in [2.45, 2.75) is 19.3 Å². The number of ether oxygens (including phenoxy) is 1. The summed E-state index contributed by atoms with van der Waals surface area (Å²) in [6.07, 6.45) is 0. The standard InChI is InChI=1S/C11H15NO3.CH2O/c1-11(2,8-15-3)9-4-6-10(7-5-9)12(13)14;1-2/h4-7H,8H2,1-3H3;1H2. The summed E-state index contributed by atoms with van der Waals surface area (Å²) < 4.78 is 5.10. The number of nitro benzene ring substituents is 1. The highest BCUT2D eigenvalue weighted by molar-refractivity contribution is 5.35. The first-order valence-corrected chi connectivity index (χ1v) is 5.00. The van der Waals surface area contributed by atoms with Crippen LogP contribution in [0.3, 0.4) is 0 Å². The van der Waals surface area contributed by atoms with E-state index in [0.717, 1.165) is 5.56 Å². The van der Waals surface area contributed by atoms with Crippen LogP contribution < -0.4 is 0 Å². The second kappa shape index (κ2) is 6.75. The third-order valence-electron chi connectivity index (χ3n) is 2.36. The Morgan fingerprint density at radius 1 is 1.29 bits per heavy atom. The molecular weight excluding hydrogens is 222 g/mol. The van der Waals surface area contributed by atoms with Gasteiger partial charge in [0, 0.05) is 24.7 Å². The van der Waals surface area contributed by atoms with Crippen LogP contribution in [0.5, 0.6) is 0 Å². The Morgan fingerprint density at radius 3 is 2.12 bits per heavy atom. The van der Waals surface area contributed by atoms with Gasteiger partial charge < -0.3 is 9.53 Å². The van der Waals surface area contributed by atoms with Crippen molar-refractivity contribution in [1.29, 1.82) is 0 Å². The van der Waals surface area contributed by atoms with Gasteiger partial charge in [-0.25, -0.2) is 0 Å². The number of non-ortho nitro benzene ring substituents is 1. The molecule has 94 valence electrons. The van der Waals surface area contributed by atoms with E-state index in [9.17, 15) is 10.1 Å². The summed E-state index contributed by atoms with van der Waals surface area (Å²) in [4.78, 5) is 18.1. The molecule has 1 aromatic carbocycles. The molecule has 1 rings (SSSR count). The summed E-state index contributed by atoms with van der Waals surface area (Å²) in [6, 6.07) is 6.59. The van der Waals surface area contributed by atoms with Gasteiger partial charge in [0.25, 0.3) is 5.69 Å². The van der Waals surface area contributed by atoms with Crippen molar-refractivity contribution in [3.05, 3.63) is 39.9 Å². The fourth-order valence-corrected chi connectivity index (χ4v) is 1.48. The average Bonchev–Trinajstić information content (AvgIpc) is 2.32. The molecule has 0 N–H and O–H groups in total. The van der Waals surface area contributed by atoms with Crippen LogP contribution in [0.2, 0.25) is 0 Å². The molecule has 0 spiro atoms. The van der Waals surface area contributed by atoms with E-state index in [1.165, 1.54) is 12.1 Å². The smallest absolute Gasteiger partial charge is 0.269 e. The number of hydrogen-bond donors (Lipinski definition) is 0. The molecule has 0 aliphatic carbocycles. The topological polar surface area (TPSA) is 69.4 Å². The van der Waals surface area contributed by atoms with E-state index in [1.54, 1.807) is 19.2 Å². The number of nitro groups is 1. The zero-order valence-electron chi connectivity index (χ0n) is 10.3. The first kappa shape index (κ1) is 15.2. The Morgan fingerprint density at radius 2 is 1.76 bits per heavy atom. The maximum atomic E-state index is 10.5. The predicted molar refractivity (Wildman–Crippen MR) is 65.1 cm³/mol. The summed E-state index contributed by atoms with van der Waals surface area (Å²) in [5.74, 6) is 0. The molecule has 17 heavy (non-hydrogen) atoms. The van der Waals surface area contributed by atoms with E-state index in [4.69, 9.17) is 9.53 Å². The molecule has 0 bridgehead atoms. The summed E-state index contributed by atoms with van der Waals surface area (Å²) in [5, 5.41) is 10.5. The number of nitrogens with zero attached hydrogens (tertiary/aromatic N) is 1. The van der Waals surface area contributed by atoms with Crippen molar-refractivity contribution in [2.24, 2.45) is 0 Å². The van der Waals surface area contributed by atoms with Gasteiger partial charge in [-0.2, -0.15) is 0 Å². The van der Waals surface area contributed by atoms with Crippen LogP contribution in [0.1, 0.15) is 19.4 Å². The zero-order chi connectivity index (χ0) is 13.5. The zero-order valence-corrected chi connectivity index (χ0v) is 10.3. The molecule has 0 heterocycles. The van der Waals surface area contributed by atoms with Crippen LogP contribution in [0, 0.1) is 10.1 Å². The predicted octanol–water partition coefficient (Wildman–Crippen LogP) is 2.33. The van der Waals surface area contributed by atoms with Gasteiger partial charge in [0.2, 0.25) is 0 Å². The number of carbonyl (C=O) groups excluding carboxylic acids is 1. The lowest BCUT2D eigenvalue weighted by atomic mass is 9.85. The minimum absolute atomic E-state index is 0.118. The summed E-state index contributed by atoms with van der Waals surface area (Å²) >= 11 is 0. The van der Waals surface area contributed by atoms with Crippen LogP contribution in [-0.2, 0) is 14.9 Å². The molecule has 0 unspecified atom stereocenters. The Labute approximate surface area is 101 Å². The third kappa shape index (κ3) is 4.32. The van der Waals surface area contributed by atoms with Gasteiger partial charge in [-0.05, 0) is 5.56 Å². The monoisotopic (exact) mass is 239 g/mol. The molecule has 0 aliphatic heterocycles. The van der Waals surface area contributed by atoms with Crippen LogP contribution in [0.4, 0.5) is 5.69 Å². The highest BCUT2D eigenvalue weighted by Crippen LogP contribution is 2.25. The van der Waals surface area contributed by atoms with E-state index in [0.29, 0.717) is 6.61 Å². The van der Waals surface area contributed by atoms with Crippen molar-refractivity contribution < 1.29 is 14.5 Å². The minimum Gasteiger partial charge on any atom is -0.384 e. The number of methoxy groups -OCH3 is 1. The Balaban J connectivity index is 0.00000121. The van der Waals surface area contributed by atoms with E-state index < -0.39 is 4.92 Å². The summed E-state index contributed by atoms with van der Waals surface area (Å²) in [6.45, 7) is 6.67.